The van der Waals surface area contributed by atoms with E-state index in [1.165, 1.54) is 14.1 Å². The van der Waals surface area contributed by atoms with Gasteiger partial charge in [-0.1, -0.05) is 0 Å². The maximum Gasteiger partial charge on any atom is 0.254 e. The zero-order valence-corrected chi connectivity index (χ0v) is 19.2. The Hall–Kier alpha value is -1.74. The number of rotatable bonds is 4. The molecule has 3 unspecified atom stereocenters. The normalized spacial score (nSPS) is 25.6. The monoisotopic (exact) mass is 448 g/mol. The Morgan fingerprint density at radius 2 is 1.73 bits per heavy atom. The molecule has 2 aliphatic heterocycles. The number of carbonyl (C=O) groups is 1. The molecular weight excluding hydrogens is 420 g/mol. The van der Waals surface area contributed by atoms with Crippen molar-refractivity contribution in [3.8, 4) is 0 Å². The standard InChI is InChI=1S/C22H28N2O4S2/c1-15-13-23(14-16(2)28-15)30(26,27)19-9-7-18(8-10-19)22(25)24-12-4-5-20(24)21-11-6-17(3)29-21/h6-11,15-16,20H,4-5,12-14H2,1-3H3. The third-order valence-corrected chi connectivity index (χ3v) is 8.68. The molecule has 0 saturated carbocycles. The van der Waals surface area contributed by atoms with Crippen LogP contribution in [0.25, 0.3) is 0 Å². The maximum absolute atomic E-state index is 13.1. The first-order chi connectivity index (χ1) is 14.3. The zero-order valence-electron chi connectivity index (χ0n) is 17.6. The van der Waals surface area contributed by atoms with E-state index in [0.29, 0.717) is 18.7 Å². The SMILES string of the molecule is Cc1ccc(C2CCCN2C(=O)c2ccc(S(=O)(=O)N3CC(C)OC(C)C3)cc2)s1. The molecular formula is C22H28N2O4S2. The van der Waals surface area contributed by atoms with Crippen LogP contribution in [0, 0.1) is 6.92 Å². The van der Waals surface area contributed by atoms with Crippen LogP contribution in [-0.4, -0.2) is 55.4 Å². The molecule has 8 heteroatoms. The van der Waals surface area contributed by atoms with Crippen molar-refractivity contribution in [2.75, 3.05) is 19.6 Å². The Morgan fingerprint density at radius 3 is 2.33 bits per heavy atom. The lowest BCUT2D eigenvalue weighted by molar-refractivity contribution is -0.0440. The number of aryl methyl sites for hydroxylation is 1. The molecule has 0 radical (unpaired) electrons. The van der Waals surface area contributed by atoms with Crippen LogP contribution < -0.4 is 0 Å². The highest BCUT2D eigenvalue weighted by Gasteiger charge is 2.34. The predicted molar refractivity (Wildman–Crippen MR) is 117 cm³/mol. The highest BCUT2D eigenvalue weighted by molar-refractivity contribution is 7.89. The summed E-state index contributed by atoms with van der Waals surface area (Å²) in [5, 5.41) is 0. The quantitative estimate of drug-likeness (QED) is 0.713. The molecule has 0 bridgehead atoms. The number of thiophene rings is 1. The molecule has 0 N–H and O–H groups in total. The van der Waals surface area contributed by atoms with Crippen molar-refractivity contribution in [1.29, 1.82) is 0 Å². The van der Waals surface area contributed by atoms with E-state index in [1.54, 1.807) is 35.6 Å². The summed E-state index contributed by atoms with van der Waals surface area (Å²) in [5.41, 5.74) is 0.526. The van der Waals surface area contributed by atoms with E-state index in [2.05, 4.69) is 19.1 Å². The maximum atomic E-state index is 13.1. The molecule has 3 atom stereocenters. The number of likely N-dealkylation sites (tertiary alicyclic amines) is 1. The molecule has 1 aromatic carbocycles. The molecule has 0 spiro atoms. The molecule has 0 aliphatic carbocycles. The van der Waals surface area contributed by atoms with Crippen molar-refractivity contribution in [1.82, 2.24) is 9.21 Å². The van der Waals surface area contributed by atoms with E-state index >= 15 is 0 Å². The largest absolute Gasteiger partial charge is 0.373 e. The number of carbonyl (C=O) groups excluding carboxylic acids is 1. The molecule has 6 nitrogen and oxygen atoms in total. The van der Waals surface area contributed by atoms with Gasteiger partial charge in [-0.05, 0) is 70.0 Å². The Balaban J connectivity index is 1.52. The summed E-state index contributed by atoms with van der Waals surface area (Å²) in [7, 11) is -3.61. The molecule has 3 heterocycles. The van der Waals surface area contributed by atoms with Crippen LogP contribution in [0.2, 0.25) is 0 Å². The van der Waals surface area contributed by atoms with Gasteiger partial charge in [0.05, 0.1) is 23.1 Å². The van der Waals surface area contributed by atoms with Gasteiger partial charge in [0.2, 0.25) is 10.0 Å². The van der Waals surface area contributed by atoms with Crippen molar-refractivity contribution in [2.24, 2.45) is 0 Å². The van der Waals surface area contributed by atoms with Crippen molar-refractivity contribution < 1.29 is 17.9 Å². The minimum atomic E-state index is -3.61. The van der Waals surface area contributed by atoms with Gasteiger partial charge in [0.1, 0.15) is 0 Å². The molecule has 1 amide bonds. The first kappa shape index (κ1) is 21.5. The van der Waals surface area contributed by atoms with E-state index in [4.69, 9.17) is 4.74 Å². The molecule has 2 saturated heterocycles. The van der Waals surface area contributed by atoms with Crippen LogP contribution in [0.5, 0.6) is 0 Å². The van der Waals surface area contributed by atoms with Gasteiger partial charge in [-0.15, -0.1) is 11.3 Å². The fraction of sp³-hybridized carbons (Fsp3) is 0.500. The molecule has 4 rings (SSSR count). The van der Waals surface area contributed by atoms with Crippen LogP contribution in [0.3, 0.4) is 0 Å². The molecule has 30 heavy (non-hydrogen) atoms. The first-order valence-corrected chi connectivity index (χ1v) is 12.6. The van der Waals surface area contributed by atoms with E-state index in [1.807, 2.05) is 18.7 Å². The summed E-state index contributed by atoms with van der Waals surface area (Å²) in [6.45, 7) is 7.23. The Bertz CT molecular complexity index is 1010. The van der Waals surface area contributed by atoms with Crippen molar-refractivity contribution in [3.05, 3.63) is 51.7 Å². The Morgan fingerprint density at radius 1 is 1.07 bits per heavy atom. The van der Waals surface area contributed by atoms with Crippen LogP contribution in [0.1, 0.15) is 52.8 Å². The second-order valence-corrected chi connectivity index (χ2v) is 11.5. The van der Waals surface area contributed by atoms with Gasteiger partial charge in [0.15, 0.2) is 0 Å². The van der Waals surface area contributed by atoms with E-state index in [9.17, 15) is 13.2 Å². The number of morpholine rings is 1. The summed E-state index contributed by atoms with van der Waals surface area (Å²) in [5.74, 6) is -0.0406. The van der Waals surface area contributed by atoms with E-state index in [0.717, 1.165) is 19.4 Å². The molecule has 1 aromatic heterocycles. The van der Waals surface area contributed by atoms with Gasteiger partial charge in [-0.2, -0.15) is 4.31 Å². The molecule has 2 fully saturated rings. The van der Waals surface area contributed by atoms with Crippen LogP contribution in [0.4, 0.5) is 0 Å². The van der Waals surface area contributed by atoms with Crippen LogP contribution >= 0.6 is 11.3 Å². The summed E-state index contributed by atoms with van der Waals surface area (Å²) < 4.78 is 33.2. The summed E-state index contributed by atoms with van der Waals surface area (Å²) in [4.78, 5) is 17.7. The van der Waals surface area contributed by atoms with Crippen LogP contribution in [-0.2, 0) is 14.8 Å². The van der Waals surface area contributed by atoms with Gasteiger partial charge >= 0.3 is 0 Å². The molecule has 2 aromatic rings. The number of hydrogen-bond donors (Lipinski definition) is 0. The summed E-state index contributed by atoms with van der Waals surface area (Å²) in [6, 6.07) is 10.7. The Labute approximate surface area is 182 Å². The lowest BCUT2D eigenvalue weighted by atomic mass is 10.1. The number of sulfonamides is 1. The molecule has 2 aliphatic rings. The smallest absolute Gasteiger partial charge is 0.254 e. The van der Waals surface area contributed by atoms with Crippen molar-refractivity contribution in [3.63, 3.8) is 0 Å². The minimum absolute atomic E-state index is 0.0406. The highest BCUT2D eigenvalue weighted by atomic mass is 32.2. The topological polar surface area (TPSA) is 66.9 Å². The van der Waals surface area contributed by atoms with Gasteiger partial charge in [-0.3, -0.25) is 4.79 Å². The third kappa shape index (κ3) is 4.19. The number of nitrogens with zero attached hydrogens (tertiary/aromatic N) is 2. The van der Waals surface area contributed by atoms with Gasteiger partial charge < -0.3 is 9.64 Å². The van der Waals surface area contributed by atoms with Gasteiger partial charge in [0, 0.05) is 35.0 Å². The fourth-order valence-electron chi connectivity index (χ4n) is 4.35. The third-order valence-electron chi connectivity index (χ3n) is 5.73. The number of benzene rings is 1. The average molecular weight is 449 g/mol. The summed E-state index contributed by atoms with van der Waals surface area (Å²) in [6.07, 6.45) is 1.66. The number of hydrogen-bond acceptors (Lipinski definition) is 5. The lowest BCUT2D eigenvalue weighted by Crippen LogP contribution is -2.48. The van der Waals surface area contributed by atoms with Gasteiger partial charge in [-0.25, -0.2) is 8.42 Å². The predicted octanol–water partition coefficient (Wildman–Crippen LogP) is 3.83. The van der Waals surface area contributed by atoms with E-state index in [-0.39, 0.29) is 29.1 Å². The highest BCUT2D eigenvalue weighted by Crippen LogP contribution is 2.36. The van der Waals surface area contributed by atoms with Crippen molar-refractivity contribution >= 4 is 27.3 Å². The van der Waals surface area contributed by atoms with Gasteiger partial charge in [0.25, 0.3) is 5.91 Å². The fourth-order valence-corrected chi connectivity index (χ4v) is 6.97. The zero-order chi connectivity index (χ0) is 21.5. The number of ether oxygens (including phenoxy) is 1. The first-order valence-electron chi connectivity index (χ1n) is 10.4. The lowest BCUT2D eigenvalue weighted by Gasteiger charge is -2.34. The summed E-state index contributed by atoms with van der Waals surface area (Å²) >= 11 is 1.73. The van der Waals surface area contributed by atoms with Crippen LogP contribution in [0.15, 0.2) is 41.3 Å². The molecule has 162 valence electrons. The minimum Gasteiger partial charge on any atom is -0.373 e. The van der Waals surface area contributed by atoms with E-state index < -0.39 is 10.0 Å². The average Bonchev–Trinajstić information content (AvgIpc) is 3.35. The van der Waals surface area contributed by atoms with Crippen molar-refractivity contribution in [2.45, 2.75) is 56.8 Å². The second kappa shape index (κ2) is 8.42. The second-order valence-electron chi connectivity index (χ2n) is 8.21. The number of amides is 1. The Kier molecular flexibility index (Phi) is 6.03.